The van der Waals surface area contributed by atoms with Crippen molar-refractivity contribution in [2.75, 3.05) is 67.9 Å². The fourth-order valence-electron chi connectivity index (χ4n) is 3.24. The number of nitrogens with zero attached hydrogens (tertiary/aromatic N) is 1. The number of hydrogen-bond acceptors (Lipinski definition) is 6. The van der Waals surface area contributed by atoms with E-state index in [0.717, 1.165) is 63.8 Å². The molecule has 0 bridgehead atoms. The number of ether oxygens (including phenoxy) is 5. The van der Waals surface area contributed by atoms with Crippen LogP contribution in [0.4, 0.5) is 0 Å². The fourth-order valence-corrected chi connectivity index (χ4v) is 3.24. The van der Waals surface area contributed by atoms with E-state index in [1.807, 2.05) is 12.1 Å². The Bertz CT molecular complexity index is 639. The highest BCUT2D eigenvalue weighted by atomic mass is 127. The Kier molecular flexibility index (Phi) is 13.6. The second-order valence-corrected chi connectivity index (χ2v) is 6.83. The van der Waals surface area contributed by atoms with Gasteiger partial charge in [0.25, 0.3) is 0 Å². The Labute approximate surface area is 197 Å². The molecule has 0 aromatic heterocycles. The molecule has 0 saturated carbocycles. The molecule has 1 fully saturated rings. The predicted molar refractivity (Wildman–Crippen MR) is 129 cm³/mol. The molecule has 172 valence electrons. The molecule has 0 aliphatic carbocycles. The molecule has 1 aromatic rings. The summed E-state index contributed by atoms with van der Waals surface area (Å²) in [6.07, 6.45) is 2.80. The summed E-state index contributed by atoms with van der Waals surface area (Å²) in [6, 6.07) is 3.88. The van der Waals surface area contributed by atoms with Crippen molar-refractivity contribution in [1.29, 1.82) is 0 Å². The van der Waals surface area contributed by atoms with Crippen LogP contribution >= 0.6 is 24.0 Å². The third kappa shape index (κ3) is 8.35. The number of nitrogens with one attached hydrogen (secondary N) is 2. The van der Waals surface area contributed by atoms with Crippen LogP contribution in [0.3, 0.4) is 0 Å². The Hall–Kier alpha value is -1.46. The van der Waals surface area contributed by atoms with Crippen LogP contribution in [0.2, 0.25) is 0 Å². The van der Waals surface area contributed by atoms with Gasteiger partial charge in [-0.3, -0.25) is 4.99 Å². The molecule has 1 atom stereocenters. The Morgan fingerprint density at radius 2 is 1.87 bits per heavy atom. The summed E-state index contributed by atoms with van der Waals surface area (Å²) >= 11 is 0. The van der Waals surface area contributed by atoms with Gasteiger partial charge in [0.05, 0.1) is 34.5 Å². The summed E-state index contributed by atoms with van der Waals surface area (Å²) in [6.45, 7) is 4.75. The van der Waals surface area contributed by atoms with Crippen molar-refractivity contribution in [2.24, 2.45) is 10.9 Å². The van der Waals surface area contributed by atoms with Crippen LogP contribution < -0.4 is 24.8 Å². The van der Waals surface area contributed by atoms with E-state index in [1.165, 1.54) is 0 Å². The summed E-state index contributed by atoms with van der Waals surface area (Å²) < 4.78 is 27.4. The fraction of sp³-hybridized carbons (Fsp3) is 0.667. The summed E-state index contributed by atoms with van der Waals surface area (Å²) in [5.74, 6) is 3.29. The van der Waals surface area contributed by atoms with Crippen LogP contribution in [-0.2, 0) is 15.9 Å². The van der Waals surface area contributed by atoms with E-state index in [-0.39, 0.29) is 24.0 Å². The average Bonchev–Trinajstić information content (AvgIpc) is 3.27. The Morgan fingerprint density at radius 1 is 1.10 bits per heavy atom. The molecule has 0 spiro atoms. The molecular formula is C21H36IN3O5. The van der Waals surface area contributed by atoms with Crippen molar-refractivity contribution < 1.29 is 23.7 Å². The molecule has 1 unspecified atom stereocenters. The molecule has 2 rings (SSSR count). The average molecular weight is 537 g/mol. The molecule has 1 aromatic carbocycles. The van der Waals surface area contributed by atoms with Gasteiger partial charge in [-0.2, -0.15) is 0 Å². The van der Waals surface area contributed by atoms with Gasteiger partial charge in [-0.05, 0) is 25.3 Å². The number of benzene rings is 1. The molecular weight excluding hydrogens is 501 g/mol. The summed E-state index contributed by atoms with van der Waals surface area (Å²) in [5, 5.41) is 6.64. The zero-order valence-electron chi connectivity index (χ0n) is 18.5. The van der Waals surface area contributed by atoms with Gasteiger partial charge >= 0.3 is 0 Å². The molecule has 0 radical (unpaired) electrons. The first-order valence-corrected chi connectivity index (χ1v) is 10.1. The summed E-state index contributed by atoms with van der Waals surface area (Å²) in [7, 11) is 6.63. The minimum Gasteiger partial charge on any atom is -0.493 e. The summed E-state index contributed by atoms with van der Waals surface area (Å²) in [4.78, 5) is 4.26. The lowest BCUT2D eigenvalue weighted by atomic mass is 10.1. The van der Waals surface area contributed by atoms with Gasteiger partial charge in [0.1, 0.15) is 0 Å². The third-order valence-electron chi connectivity index (χ3n) is 4.83. The number of aliphatic imine (C=N–C) groups is 1. The van der Waals surface area contributed by atoms with E-state index in [9.17, 15) is 0 Å². The molecule has 0 amide bonds. The van der Waals surface area contributed by atoms with E-state index in [4.69, 9.17) is 23.7 Å². The lowest BCUT2D eigenvalue weighted by molar-refractivity contribution is 0.0888. The van der Waals surface area contributed by atoms with Crippen LogP contribution in [0.1, 0.15) is 18.4 Å². The Morgan fingerprint density at radius 3 is 2.50 bits per heavy atom. The molecule has 30 heavy (non-hydrogen) atoms. The second-order valence-electron chi connectivity index (χ2n) is 6.83. The molecule has 9 heteroatoms. The lowest BCUT2D eigenvalue weighted by Crippen LogP contribution is -2.39. The number of hydrogen-bond donors (Lipinski definition) is 2. The van der Waals surface area contributed by atoms with Crippen LogP contribution in [0.15, 0.2) is 17.1 Å². The van der Waals surface area contributed by atoms with E-state index in [1.54, 1.807) is 28.4 Å². The molecule has 1 aliphatic rings. The van der Waals surface area contributed by atoms with Crippen molar-refractivity contribution in [3.63, 3.8) is 0 Å². The quantitative estimate of drug-likeness (QED) is 0.184. The van der Waals surface area contributed by atoms with Crippen LogP contribution in [0.25, 0.3) is 0 Å². The maximum absolute atomic E-state index is 5.72. The Balaban J connectivity index is 0.00000450. The predicted octanol–water partition coefficient (Wildman–Crippen LogP) is 2.48. The van der Waals surface area contributed by atoms with Gasteiger partial charge < -0.3 is 34.3 Å². The standard InChI is InChI=1S/C21H35N3O5.HI/c1-22-21(23-10-5-12-28-14-16-9-13-29-15-16)24-11-8-17-6-7-18(25-2)20(27-4)19(17)26-3;/h6-7,16H,5,8-15H2,1-4H3,(H2,22,23,24);1H. The maximum Gasteiger partial charge on any atom is 0.203 e. The van der Waals surface area contributed by atoms with Crippen molar-refractivity contribution in [3.05, 3.63) is 17.7 Å². The van der Waals surface area contributed by atoms with E-state index in [0.29, 0.717) is 29.7 Å². The lowest BCUT2D eigenvalue weighted by Gasteiger charge is -2.16. The van der Waals surface area contributed by atoms with Gasteiger partial charge in [-0.1, -0.05) is 6.07 Å². The minimum absolute atomic E-state index is 0. The van der Waals surface area contributed by atoms with Crippen LogP contribution in [0, 0.1) is 5.92 Å². The number of halogens is 1. The smallest absolute Gasteiger partial charge is 0.203 e. The first-order chi connectivity index (χ1) is 14.2. The van der Waals surface area contributed by atoms with Crippen molar-refractivity contribution in [1.82, 2.24) is 10.6 Å². The highest BCUT2D eigenvalue weighted by Crippen LogP contribution is 2.39. The van der Waals surface area contributed by atoms with Crippen LogP contribution in [-0.4, -0.2) is 73.9 Å². The second kappa shape index (κ2) is 15.4. The molecule has 1 saturated heterocycles. The summed E-state index contributed by atoms with van der Waals surface area (Å²) in [5.41, 5.74) is 1.04. The number of guanidine groups is 1. The highest BCUT2D eigenvalue weighted by Gasteiger charge is 2.16. The maximum atomic E-state index is 5.72. The van der Waals surface area contributed by atoms with Crippen molar-refractivity contribution in [3.8, 4) is 17.2 Å². The third-order valence-corrected chi connectivity index (χ3v) is 4.83. The highest BCUT2D eigenvalue weighted by molar-refractivity contribution is 14.0. The first-order valence-electron chi connectivity index (χ1n) is 10.1. The van der Waals surface area contributed by atoms with Gasteiger partial charge in [0, 0.05) is 44.8 Å². The molecule has 1 heterocycles. The molecule has 1 aliphatic heterocycles. The van der Waals surface area contributed by atoms with Gasteiger partial charge in [0.15, 0.2) is 17.5 Å². The number of rotatable bonds is 12. The minimum atomic E-state index is 0. The number of methoxy groups -OCH3 is 3. The van der Waals surface area contributed by atoms with E-state index >= 15 is 0 Å². The molecule has 8 nitrogen and oxygen atoms in total. The first kappa shape index (κ1) is 26.6. The van der Waals surface area contributed by atoms with Crippen molar-refractivity contribution >= 4 is 29.9 Å². The SMILES string of the molecule is CN=C(NCCCOCC1CCOC1)NCCc1ccc(OC)c(OC)c1OC.I. The normalized spacial score (nSPS) is 16.0. The van der Waals surface area contributed by atoms with Gasteiger partial charge in [-0.25, -0.2) is 0 Å². The zero-order chi connectivity index (χ0) is 20.9. The van der Waals surface area contributed by atoms with Crippen LogP contribution in [0.5, 0.6) is 17.2 Å². The monoisotopic (exact) mass is 537 g/mol. The topological polar surface area (TPSA) is 82.6 Å². The largest absolute Gasteiger partial charge is 0.493 e. The van der Waals surface area contributed by atoms with E-state index in [2.05, 4.69) is 15.6 Å². The molecule has 2 N–H and O–H groups in total. The van der Waals surface area contributed by atoms with Crippen molar-refractivity contribution in [2.45, 2.75) is 19.3 Å². The van der Waals surface area contributed by atoms with Gasteiger partial charge in [-0.15, -0.1) is 24.0 Å². The van der Waals surface area contributed by atoms with Gasteiger partial charge in [0.2, 0.25) is 5.75 Å². The zero-order valence-corrected chi connectivity index (χ0v) is 20.8. The van der Waals surface area contributed by atoms with E-state index < -0.39 is 0 Å².